The largest absolute Gasteiger partial charge is 0.378 e. The third-order valence-corrected chi connectivity index (χ3v) is 3.46. The molecule has 0 aliphatic carbocycles. The van der Waals surface area contributed by atoms with Crippen LogP contribution in [0.4, 0.5) is 11.4 Å². The molecule has 0 radical (unpaired) electrons. The molecule has 0 amide bonds. The number of guanidine groups is 1. The van der Waals surface area contributed by atoms with Crippen molar-refractivity contribution in [3.05, 3.63) is 59.7 Å². The van der Waals surface area contributed by atoms with Crippen molar-refractivity contribution in [3.8, 4) is 0 Å². The van der Waals surface area contributed by atoms with Crippen molar-refractivity contribution in [1.29, 1.82) is 0 Å². The van der Waals surface area contributed by atoms with Crippen LogP contribution in [0.15, 0.2) is 53.5 Å². The van der Waals surface area contributed by atoms with Gasteiger partial charge in [0.2, 0.25) is 0 Å². The molecule has 0 unspecified atom stereocenters. The monoisotopic (exact) mass is 296 g/mol. The summed E-state index contributed by atoms with van der Waals surface area (Å²) in [7, 11) is 4.08. The highest BCUT2D eigenvalue weighted by atomic mass is 15.1. The number of benzene rings is 2. The lowest BCUT2D eigenvalue weighted by atomic mass is 10.1. The first-order chi connectivity index (χ1) is 10.5. The summed E-state index contributed by atoms with van der Waals surface area (Å²) in [4.78, 5) is 6.46. The van der Waals surface area contributed by atoms with E-state index in [0.29, 0.717) is 12.5 Å². The molecule has 2 aromatic carbocycles. The van der Waals surface area contributed by atoms with E-state index >= 15 is 0 Å². The van der Waals surface area contributed by atoms with E-state index in [1.165, 1.54) is 16.8 Å². The number of nitrogens with zero attached hydrogens (tertiary/aromatic N) is 2. The SMILES string of the molecule is Cc1ccc(NC(N)=NCCc2ccc(N(C)C)cc2)cc1. The summed E-state index contributed by atoms with van der Waals surface area (Å²) in [5, 5.41) is 3.10. The van der Waals surface area contributed by atoms with Gasteiger partial charge in [0.25, 0.3) is 0 Å². The molecule has 0 aliphatic rings. The molecule has 2 rings (SSSR count). The first-order valence-corrected chi connectivity index (χ1v) is 7.44. The van der Waals surface area contributed by atoms with Crippen LogP contribution < -0.4 is 16.0 Å². The third-order valence-electron chi connectivity index (χ3n) is 3.46. The molecule has 0 aliphatic heterocycles. The van der Waals surface area contributed by atoms with Crippen molar-refractivity contribution < 1.29 is 0 Å². The highest BCUT2D eigenvalue weighted by Gasteiger charge is 1.97. The van der Waals surface area contributed by atoms with Crippen LogP contribution in [0.3, 0.4) is 0 Å². The number of aliphatic imine (C=N–C) groups is 1. The van der Waals surface area contributed by atoms with Gasteiger partial charge in [-0.15, -0.1) is 0 Å². The van der Waals surface area contributed by atoms with E-state index < -0.39 is 0 Å². The molecule has 0 saturated carbocycles. The Morgan fingerprint density at radius 2 is 1.68 bits per heavy atom. The molecular weight excluding hydrogens is 272 g/mol. The average molecular weight is 296 g/mol. The summed E-state index contributed by atoms with van der Waals surface area (Å²) in [5.41, 5.74) is 10.6. The Kier molecular flexibility index (Phi) is 5.42. The van der Waals surface area contributed by atoms with Crippen molar-refractivity contribution in [3.63, 3.8) is 0 Å². The number of anilines is 2. The molecule has 116 valence electrons. The van der Waals surface area contributed by atoms with E-state index in [1.54, 1.807) is 0 Å². The quantitative estimate of drug-likeness (QED) is 0.658. The van der Waals surface area contributed by atoms with Crippen LogP contribution in [0.25, 0.3) is 0 Å². The number of rotatable bonds is 5. The predicted molar refractivity (Wildman–Crippen MR) is 95.8 cm³/mol. The lowest BCUT2D eigenvalue weighted by molar-refractivity contribution is 0.963. The van der Waals surface area contributed by atoms with Crippen LogP contribution in [0.1, 0.15) is 11.1 Å². The Bertz CT molecular complexity index is 613. The zero-order valence-corrected chi connectivity index (χ0v) is 13.5. The highest BCUT2D eigenvalue weighted by Crippen LogP contribution is 2.12. The first kappa shape index (κ1) is 15.9. The third kappa shape index (κ3) is 4.81. The first-order valence-electron chi connectivity index (χ1n) is 7.44. The fourth-order valence-electron chi connectivity index (χ4n) is 2.09. The smallest absolute Gasteiger partial charge is 0.193 e. The zero-order chi connectivity index (χ0) is 15.9. The molecule has 0 aromatic heterocycles. The maximum absolute atomic E-state index is 5.90. The van der Waals surface area contributed by atoms with Crippen molar-refractivity contribution in [2.75, 3.05) is 30.9 Å². The van der Waals surface area contributed by atoms with Crippen LogP contribution >= 0.6 is 0 Å². The van der Waals surface area contributed by atoms with Gasteiger partial charge in [-0.1, -0.05) is 29.8 Å². The average Bonchev–Trinajstić information content (AvgIpc) is 2.50. The second kappa shape index (κ2) is 7.50. The molecule has 0 bridgehead atoms. The summed E-state index contributed by atoms with van der Waals surface area (Å²) in [6.45, 7) is 2.73. The van der Waals surface area contributed by atoms with Gasteiger partial charge in [-0.25, -0.2) is 0 Å². The molecule has 0 fully saturated rings. The van der Waals surface area contributed by atoms with E-state index in [9.17, 15) is 0 Å². The van der Waals surface area contributed by atoms with Crippen molar-refractivity contribution in [2.45, 2.75) is 13.3 Å². The summed E-state index contributed by atoms with van der Waals surface area (Å²) >= 11 is 0. The molecule has 4 nitrogen and oxygen atoms in total. The minimum absolute atomic E-state index is 0.453. The fourth-order valence-corrected chi connectivity index (χ4v) is 2.09. The van der Waals surface area contributed by atoms with Gasteiger partial charge in [-0.3, -0.25) is 4.99 Å². The Hall–Kier alpha value is -2.49. The lowest BCUT2D eigenvalue weighted by Crippen LogP contribution is -2.23. The van der Waals surface area contributed by atoms with E-state index in [4.69, 9.17) is 5.73 Å². The predicted octanol–water partition coefficient (Wildman–Crippen LogP) is 3.03. The van der Waals surface area contributed by atoms with E-state index in [-0.39, 0.29) is 0 Å². The summed E-state index contributed by atoms with van der Waals surface area (Å²) in [6, 6.07) is 16.6. The summed E-state index contributed by atoms with van der Waals surface area (Å²) in [5.74, 6) is 0.453. The van der Waals surface area contributed by atoms with Gasteiger partial charge in [-0.2, -0.15) is 0 Å². The normalized spacial score (nSPS) is 11.3. The summed E-state index contributed by atoms with van der Waals surface area (Å²) in [6.07, 6.45) is 0.879. The Morgan fingerprint density at radius 3 is 2.27 bits per heavy atom. The van der Waals surface area contributed by atoms with Crippen LogP contribution in [-0.2, 0) is 6.42 Å². The minimum Gasteiger partial charge on any atom is -0.378 e. The Morgan fingerprint density at radius 1 is 1.05 bits per heavy atom. The molecule has 0 heterocycles. The Balaban J connectivity index is 1.84. The maximum atomic E-state index is 5.90. The van der Waals surface area contributed by atoms with E-state index in [2.05, 4.69) is 46.4 Å². The van der Waals surface area contributed by atoms with Gasteiger partial charge in [0.05, 0.1) is 0 Å². The van der Waals surface area contributed by atoms with E-state index in [1.807, 2.05) is 38.4 Å². The van der Waals surface area contributed by atoms with Gasteiger partial charge < -0.3 is 16.0 Å². The lowest BCUT2D eigenvalue weighted by Gasteiger charge is -2.12. The van der Waals surface area contributed by atoms with Crippen LogP contribution in [-0.4, -0.2) is 26.6 Å². The number of hydrogen-bond donors (Lipinski definition) is 2. The number of hydrogen-bond acceptors (Lipinski definition) is 2. The molecule has 22 heavy (non-hydrogen) atoms. The minimum atomic E-state index is 0.453. The van der Waals surface area contributed by atoms with Crippen LogP contribution in [0, 0.1) is 6.92 Å². The van der Waals surface area contributed by atoms with Crippen LogP contribution in [0.5, 0.6) is 0 Å². The Labute approximate surface area is 132 Å². The molecule has 3 N–H and O–H groups in total. The second-order valence-electron chi connectivity index (χ2n) is 5.57. The summed E-state index contributed by atoms with van der Waals surface area (Å²) < 4.78 is 0. The molecule has 0 atom stereocenters. The van der Waals surface area contributed by atoms with Gasteiger partial charge in [-0.05, 0) is 43.2 Å². The number of aryl methyl sites for hydroxylation is 1. The van der Waals surface area contributed by atoms with Gasteiger partial charge in [0.15, 0.2) is 5.96 Å². The van der Waals surface area contributed by atoms with Crippen molar-refractivity contribution in [1.82, 2.24) is 0 Å². The fraction of sp³-hybridized carbons (Fsp3) is 0.278. The van der Waals surface area contributed by atoms with Crippen molar-refractivity contribution in [2.24, 2.45) is 10.7 Å². The van der Waals surface area contributed by atoms with Gasteiger partial charge in [0, 0.05) is 32.0 Å². The van der Waals surface area contributed by atoms with Crippen molar-refractivity contribution >= 4 is 17.3 Å². The molecule has 0 saturated heterocycles. The molecule has 2 aromatic rings. The zero-order valence-electron chi connectivity index (χ0n) is 13.5. The highest BCUT2D eigenvalue weighted by molar-refractivity contribution is 5.92. The van der Waals surface area contributed by atoms with Crippen LogP contribution in [0.2, 0.25) is 0 Å². The molecular formula is C18H24N4. The molecule has 0 spiro atoms. The second-order valence-corrected chi connectivity index (χ2v) is 5.57. The molecule has 4 heteroatoms. The standard InChI is InChI=1S/C18H24N4/c1-14-4-8-16(9-5-14)21-18(19)20-13-12-15-6-10-17(11-7-15)22(2)3/h4-11H,12-13H2,1-3H3,(H3,19,20,21). The topological polar surface area (TPSA) is 53.6 Å². The van der Waals surface area contributed by atoms with E-state index in [0.717, 1.165) is 12.1 Å². The maximum Gasteiger partial charge on any atom is 0.193 e. The number of nitrogens with two attached hydrogens (primary N) is 1. The number of nitrogens with one attached hydrogen (secondary N) is 1. The van der Waals surface area contributed by atoms with Gasteiger partial charge in [0.1, 0.15) is 0 Å². The van der Waals surface area contributed by atoms with Gasteiger partial charge >= 0.3 is 0 Å².